The number of amides is 1. The van der Waals surface area contributed by atoms with Gasteiger partial charge in [-0.2, -0.15) is 0 Å². The second-order valence-corrected chi connectivity index (χ2v) is 8.04. The number of carboxylic acids is 1. The van der Waals surface area contributed by atoms with Crippen LogP contribution in [0.1, 0.15) is 6.42 Å². The number of carbonyl (C=O) groups excluding carboxylic acids is 1. The summed E-state index contributed by atoms with van der Waals surface area (Å²) in [6.45, 7) is 0. The van der Waals surface area contributed by atoms with Gasteiger partial charge in [-0.25, -0.2) is 8.42 Å². The van der Waals surface area contributed by atoms with Crippen LogP contribution in [0, 0.1) is 0 Å². The molecule has 0 saturated carbocycles. The maximum Gasteiger partial charge on any atom is 0.306 e. The maximum atomic E-state index is 13.3. The molecular weight excluding hydrogens is 403 g/mol. The minimum absolute atomic E-state index is 0.0253. The van der Waals surface area contributed by atoms with Crippen molar-refractivity contribution in [3.63, 3.8) is 0 Å². The van der Waals surface area contributed by atoms with Crippen LogP contribution in [-0.2, 0) is 19.6 Å². The standard InChI is InChI=1S/C16H12Cl2N2O5S/c17-9-4-3-7-13(15(9)18)26(24,25)20-11-6-2-1-5-10(11)19-16(23)12(20)8-14(21)22/h1-7,12H,8H2,(H,19,23)(H,21,22). The smallest absolute Gasteiger partial charge is 0.306 e. The first-order valence-electron chi connectivity index (χ1n) is 7.33. The molecule has 1 amide bonds. The van der Waals surface area contributed by atoms with Gasteiger partial charge in [-0.15, -0.1) is 0 Å². The number of rotatable bonds is 4. The highest BCUT2D eigenvalue weighted by Gasteiger charge is 2.42. The molecule has 0 aromatic heterocycles. The second kappa shape index (κ2) is 6.79. The van der Waals surface area contributed by atoms with Crippen molar-refractivity contribution in [2.45, 2.75) is 17.4 Å². The lowest BCUT2D eigenvalue weighted by Crippen LogP contribution is -2.51. The SMILES string of the molecule is O=C(O)CC1C(=O)Nc2ccccc2N1S(=O)(=O)c1cccc(Cl)c1Cl. The van der Waals surface area contributed by atoms with E-state index in [2.05, 4.69) is 5.32 Å². The minimum atomic E-state index is -4.36. The minimum Gasteiger partial charge on any atom is -0.481 e. The van der Waals surface area contributed by atoms with E-state index in [1.165, 1.54) is 30.3 Å². The molecule has 1 unspecified atom stereocenters. The topological polar surface area (TPSA) is 104 Å². The van der Waals surface area contributed by atoms with E-state index in [1.54, 1.807) is 12.1 Å². The van der Waals surface area contributed by atoms with Crippen LogP contribution in [-0.4, -0.2) is 31.4 Å². The Kier molecular flexibility index (Phi) is 4.83. The molecule has 7 nitrogen and oxygen atoms in total. The Morgan fingerprint density at radius 3 is 2.54 bits per heavy atom. The number of hydrogen-bond acceptors (Lipinski definition) is 4. The van der Waals surface area contributed by atoms with E-state index in [9.17, 15) is 18.0 Å². The molecule has 1 heterocycles. The van der Waals surface area contributed by atoms with Crippen LogP contribution in [0.25, 0.3) is 0 Å². The fourth-order valence-corrected chi connectivity index (χ4v) is 5.06. The van der Waals surface area contributed by atoms with Crippen molar-refractivity contribution in [3.05, 3.63) is 52.5 Å². The van der Waals surface area contributed by atoms with Gasteiger partial charge in [-0.1, -0.05) is 41.4 Å². The van der Waals surface area contributed by atoms with Gasteiger partial charge in [0.05, 0.1) is 27.8 Å². The van der Waals surface area contributed by atoms with Crippen LogP contribution in [0.4, 0.5) is 11.4 Å². The Balaban J connectivity index is 2.24. The Hall–Kier alpha value is -2.29. The van der Waals surface area contributed by atoms with Crippen LogP contribution in [0.2, 0.25) is 10.0 Å². The molecule has 3 rings (SSSR count). The summed E-state index contributed by atoms with van der Waals surface area (Å²) in [6, 6.07) is 8.80. The van der Waals surface area contributed by atoms with Crippen LogP contribution in [0.5, 0.6) is 0 Å². The van der Waals surface area contributed by atoms with Gasteiger partial charge in [0.15, 0.2) is 0 Å². The third-order valence-corrected chi connectivity index (χ3v) is 6.60. The third kappa shape index (κ3) is 3.11. The number of benzene rings is 2. The molecule has 2 N–H and O–H groups in total. The summed E-state index contributed by atoms with van der Waals surface area (Å²) < 4.78 is 27.3. The van der Waals surface area contributed by atoms with Crippen molar-refractivity contribution in [1.82, 2.24) is 0 Å². The van der Waals surface area contributed by atoms with Gasteiger partial charge in [0.25, 0.3) is 10.0 Å². The molecule has 0 fully saturated rings. The van der Waals surface area contributed by atoms with Crippen molar-refractivity contribution in [1.29, 1.82) is 0 Å². The van der Waals surface area contributed by atoms with Crippen LogP contribution in [0.15, 0.2) is 47.4 Å². The number of nitrogens with one attached hydrogen (secondary N) is 1. The van der Waals surface area contributed by atoms with Crippen LogP contribution in [0.3, 0.4) is 0 Å². The number of fused-ring (bicyclic) bond motifs is 1. The quantitative estimate of drug-likeness (QED) is 0.799. The van der Waals surface area contributed by atoms with Gasteiger partial charge < -0.3 is 10.4 Å². The molecule has 1 atom stereocenters. The van der Waals surface area contributed by atoms with E-state index in [4.69, 9.17) is 28.3 Å². The number of para-hydroxylation sites is 2. The second-order valence-electron chi connectivity index (χ2n) is 5.47. The molecule has 0 radical (unpaired) electrons. The molecule has 2 aromatic carbocycles. The highest BCUT2D eigenvalue weighted by molar-refractivity contribution is 7.93. The van der Waals surface area contributed by atoms with Crippen molar-refractivity contribution in [3.8, 4) is 0 Å². The Labute approximate surface area is 159 Å². The number of nitrogens with zero attached hydrogens (tertiary/aromatic N) is 1. The van der Waals surface area contributed by atoms with Crippen molar-refractivity contribution < 1.29 is 23.1 Å². The van der Waals surface area contributed by atoms with Gasteiger partial charge in [-0.3, -0.25) is 13.9 Å². The lowest BCUT2D eigenvalue weighted by Gasteiger charge is -2.36. The van der Waals surface area contributed by atoms with Crippen LogP contribution >= 0.6 is 23.2 Å². The molecule has 0 aliphatic carbocycles. The van der Waals surface area contributed by atoms with Crippen LogP contribution < -0.4 is 9.62 Å². The number of carbonyl (C=O) groups is 2. The number of aliphatic carboxylic acids is 1. The summed E-state index contributed by atoms with van der Waals surface area (Å²) in [5, 5.41) is 11.5. The van der Waals surface area contributed by atoms with E-state index in [0.717, 1.165) is 4.31 Å². The lowest BCUT2D eigenvalue weighted by atomic mass is 10.1. The zero-order chi connectivity index (χ0) is 19.1. The Morgan fingerprint density at radius 1 is 1.15 bits per heavy atom. The number of carboxylic acid groups (broad SMARTS) is 1. The lowest BCUT2D eigenvalue weighted by molar-refractivity contribution is -0.138. The predicted octanol–water partition coefficient (Wildman–Crippen LogP) is 2.98. The first-order valence-corrected chi connectivity index (χ1v) is 9.53. The molecule has 1 aliphatic heterocycles. The van der Waals surface area contributed by atoms with Gasteiger partial charge >= 0.3 is 5.97 Å². The Morgan fingerprint density at radius 2 is 1.85 bits per heavy atom. The first-order chi connectivity index (χ1) is 12.2. The number of halogens is 2. The third-order valence-electron chi connectivity index (χ3n) is 3.81. The molecule has 10 heteroatoms. The molecule has 0 spiro atoms. The average Bonchev–Trinajstić information content (AvgIpc) is 2.57. The summed E-state index contributed by atoms with van der Waals surface area (Å²) in [7, 11) is -4.36. The molecule has 0 saturated heterocycles. The zero-order valence-corrected chi connectivity index (χ0v) is 15.3. The molecule has 136 valence electrons. The van der Waals surface area contributed by atoms with Crippen molar-refractivity contribution in [2.24, 2.45) is 0 Å². The van der Waals surface area contributed by atoms with E-state index in [1.807, 2.05) is 0 Å². The molecular formula is C16H12Cl2N2O5S. The summed E-state index contributed by atoms with van der Waals surface area (Å²) in [5.41, 5.74) is 0.398. The van der Waals surface area contributed by atoms with E-state index in [0.29, 0.717) is 0 Å². The molecule has 2 aromatic rings. The highest BCUT2D eigenvalue weighted by Crippen LogP contribution is 2.39. The average molecular weight is 415 g/mol. The zero-order valence-electron chi connectivity index (χ0n) is 13.0. The fraction of sp³-hybridized carbons (Fsp3) is 0.125. The molecule has 1 aliphatic rings. The summed E-state index contributed by atoms with van der Waals surface area (Å²) in [5.74, 6) is -2.06. The van der Waals surface area contributed by atoms with Gasteiger partial charge in [0.2, 0.25) is 5.91 Å². The number of hydrogen-bond donors (Lipinski definition) is 2. The van der Waals surface area contributed by atoms with Gasteiger partial charge in [0.1, 0.15) is 10.9 Å². The molecule has 0 bridgehead atoms. The largest absolute Gasteiger partial charge is 0.481 e. The number of sulfonamides is 1. The fourth-order valence-electron chi connectivity index (χ4n) is 2.69. The maximum absolute atomic E-state index is 13.3. The number of anilines is 2. The summed E-state index contributed by atoms with van der Waals surface area (Å²) in [6.07, 6.45) is -0.711. The normalized spacial score (nSPS) is 16.8. The Bertz CT molecular complexity index is 1010. The van der Waals surface area contributed by atoms with E-state index >= 15 is 0 Å². The van der Waals surface area contributed by atoms with E-state index < -0.39 is 34.4 Å². The van der Waals surface area contributed by atoms with Gasteiger partial charge in [0, 0.05) is 0 Å². The van der Waals surface area contributed by atoms with E-state index in [-0.39, 0.29) is 26.3 Å². The molecule has 26 heavy (non-hydrogen) atoms. The first kappa shape index (κ1) is 18.5. The van der Waals surface area contributed by atoms with Gasteiger partial charge in [-0.05, 0) is 24.3 Å². The summed E-state index contributed by atoms with van der Waals surface area (Å²) >= 11 is 12.0. The summed E-state index contributed by atoms with van der Waals surface area (Å²) in [4.78, 5) is 23.3. The highest BCUT2D eigenvalue weighted by atomic mass is 35.5. The van der Waals surface area contributed by atoms with Crippen molar-refractivity contribution in [2.75, 3.05) is 9.62 Å². The monoisotopic (exact) mass is 414 g/mol. The predicted molar refractivity (Wildman–Crippen MR) is 97.2 cm³/mol. The van der Waals surface area contributed by atoms with Crippen molar-refractivity contribution >= 4 is 56.5 Å².